The lowest BCUT2D eigenvalue weighted by molar-refractivity contribution is -0.124. The molecule has 1 atom stereocenters. The van der Waals surface area contributed by atoms with E-state index in [4.69, 9.17) is 0 Å². The van der Waals surface area contributed by atoms with Crippen molar-refractivity contribution in [3.63, 3.8) is 0 Å². The summed E-state index contributed by atoms with van der Waals surface area (Å²) >= 11 is 1.20. The van der Waals surface area contributed by atoms with E-state index in [1.54, 1.807) is 12.4 Å². The van der Waals surface area contributed by atoms with Crippen LogP contribution in [-0.4, -0.2) is 44.4 Å². The first-order chi connectivity index (χ1) is 13.9. The maximum Gasteiger partial charge on any atom is 0.322 e. The van der Waals surface area contributed by atoms with Gasteiger partial charge in [0.2, 0.25) is 0 Å². The minimum Gasteiger partial charge on any atom is -0.347 e. The molecule has 0 radical (unpaired) electrons. The second kappa shape index (κ2) is 7.05. The lowest BCUT2D eigenvalue weighted by Crippen LogP contribution is -2.52. The number of nitrogens with zero attached hydrogens (tertiary/aromatic N) is 4. The molecule has 10 nitrogen and oxygen atoms in total. The molecule has 4 rings (SSSR count). The van der Waals surface area contributed by atoms with Crippen molar-refractivity contribution in [2.45, 2.75) is 12.5 Å². The van der Waals surface area contributed by atoms with Crippen LogP contribution >= 0.6 is 11.3 Å². The van der Waals surface area contributed by atoms with Crippen LogP contribution in [0.15, 0.2) is 36.0 Å². The van der Waals surface area contributed by atoms with E-state index in [9.17, 15) is 18.8 Å². The average Bonchev–Trinajstić information content (AvgIpc) is 3.40. The van der Waals surface area contributed by atoms with E-state index < -0.39 is 29.2 Å². The molecule has 29 heavy (non-hydrogen) atoms. The summed E-state index contributed by atoms with van der Waals surface area (Å²) in [6.45, 7) is 1.51. The molecule has 0 aliphatic carbocycles. The number of hydrogen-bond acceptors (Lipinski definition) is 7. The fourth-order valence-electron chi connectivity index (χ4n) is 2.94. The Hall–Kier alpha value is -3.67. The van der Waals surface area contributed by atoms with E-state index in [1.165, 1.54) is 46.6 Å². The molecule has 4 amide bonds. The van der Waals surface area contributed by atoms with E-state index >= 15 is 0 Å². The molecule has 0 spiro atoms. The number of nitrogens with one attached hydrogen (secondary N) is 3. The molecule has 3 N–H and O–H groups in total. The Morgan fingerprint density at radius 2 is 2.07 bits per heavy atom. The molecular weight excluding hydrogens is 401 g/mol. The van der Waals surface area contributed by atoms with Crippen LogP contribution in [0.2, 0.25) is 0 Å². The summed E-state index contributed by atoms with van der Waals surface area (Å²) < 4.78 is 13.0. The number of benzene rings is 1. The molecule has 1 aliphatic rings. The van der Waals surface area contributed by atoms with Gasteiger partial charge >= 0.3 is 6.03 Å². The Kier molecular flexibility index (Phi) is 4.54. The number of hydrogen-bond donors (Lipinski definition) is 3. The van der Waals surface area contributed by atoms with Gasteiger partial charge in [0, 0.05) is 0 Å². The highest BCUT2D eigenvalue weighted by molar-refractivity contribution is 7.10. The number of rotatable bonds is 5. The Bertz CT molecular complexity index is 1110. The van der Waals surface area contributed by atoms with Crippen LogP contribution in [0.4, 0.5) is 9.18 Å². The topological polar surface area (TPSA) is 131 Å². The van der Waals surface area contributed by atoms with Crippen molar-refractivity contribution in [3.8, 4) is 5.69 Å². The summed E-state index contributed by atoms with van der Waals surface area (Å²) in [5.74, 6) is -1.57. The third-order valence-corrected chi connectivity index (χ3v) is 5.46. The standard InChI is InChI=1S/C17H14FN7O3S/c1-9-13(29-8-20-9)17(15(27)22-16(28)23-17)7-19-14(26)12-6-21-25(24-12)11-4-2-10(18)3-5-11/h2-6,8H,7H2,1H3,(H,19,26)(H2,22,23,27,28). The second-order valence-corrected chi connectivity index (χ2v) is 7.11. The highest BCUT2D eigenvalue weighted by atomic mass is 32.1. The molecule has 0 bridgehead atoms. The Morgan fingerprint density at radius 1 is 1.31 bits per heavy atom. The van der Waals surface area contributed by atoms with Gasteiger partial charge in [0.05, 0.1) is 34.5 Å². The summed E-state index contributed by atoms with van der Waals surface area (Å²) in [5.41, 5.74) is 1.15. The van der Waals surface area contributed by atoms with E-state index in [1.807, 2.05) is 0 Å². The maximum atomic E-state index is 13.0. The van der Waals surface area contributed by atoms with Crippen molar-refractivity contribution in [2.75, 3.05) is 6.54 Å². The SMILES string of the molecule is Cc1ncsc1C1(CNC(=O)c2cnn(-c3ccc(F)cc3)n2)NC(=O)NC1=O. The highest BCUT2D eigenvalue weighted by Crippen LogP contribution is 2.30. The number of imide groups is 1. The van der Waals surface area contributed by atoms with Crippen molar-refractivity contribution >= 4 is 29.2 Å². The normalized spacial score (nSPS) is 18.4. The summed E-state index contributed by atoms with van der Waals surface area (Å²) in [6.07, 6.45) is 1.25. The molecule has 148 valence electrons. The van der Waals surface area contributed by atoms with Gasteiger partial charge in [0.1, 0.15) is 5.82 Å². The number of amides is 4. The van der Waals surface area contributed by atoms with Gasteiger partial charge in [-0.25, -0.2) is 14.2 Å². The van der Waals surface area contributed by atoms with Crippen molar-refractivity contribution in [3.05, 3.63) is 58.1 Å². The number of aromatic nitrogens is 4. The number of carbonyl (C=O) groups is 3. The summed E-state index contributed by atoms with van der Waals surface area (Å²) in [6, 6.07) is 4.79. The van der Waals surface area contributed by atoms with Gasteiger partial charge in [0.25, 0.3) is 11.8 Å². The number of urea groups is 1. The fraction of sp³-hybridized carbons (Fsp3) is 0.176. The molecule has 2 aromatic heterocycles. The van der Waals surface area contributed by atoms with Gasteiger partial charge in [0.15, 0.2) is 11.2 Å². The van der Waals surface area contributed by atoms with E-state index in [2.05, 4.69) is 31.1 Å². The zero-order valence-electron chi connectivity index (χ0n) is 15.0. The maximum absolute atomic E-state index is 13.0. The largest absolute Gasteiger partial charge is 0.347 e. The summed E-state index contributed by atoms with van der Waals surface area (Å²) in [5, 5.41) is 15.4. The minimum absolute atomic E-state index is 0.00441. The van der Waals surface area contributed by atoms with Gasteiger partial charge in [-0.05, 0) is 31.2 Å². The number of carbonyl (C=O) groups excluding carboxylic acids is 3. The van der Waals surface area contributed by atoms with Crippen molar-refractivity contribution in [2.24, 2.45) is 0 Å². The van der Waals surface area contributed by atoms with Gasteiger partial charge in [-0.3, -0.25) is 14.9 Å². The number of aryl methyl sites for hydroxylation is 1. The molecule has 1 saturated heterocycles. The number of thiazole rings is 1. The van der Waals surface area contributed by atoms with Gasteiger partial charge in [-0.15, -0.1) is 16.4 Å². The van der Waals surface area contributed by atoms with Crippen LogP contribution in [0, 0.1) is 12.7 Å². The first-order valence-electron chi connectivity index (χ1n) is 8.40. The van der Waals surface area contributed by atoms with Crippen molar-refractivity contribution < 1.29 is 18.8 Å². The summed E-state index contributed by atoms with van der Waals surface area (Å²) in [7, 11) is 0. The van der Waals surface area contributed by atoms with Crippen LogP contribution in [-0.2, 0) is 10.3 Å². The Labute approximate surface area is 167 Å². The summed E-state index contributed by atoms with van der Waals surface area (Å²) in [4.78, 5) is 42.6. The van der Waals surface area contributed by atoms with Crippen LogP contribution < -0.4 is 16.0 Å². The van der Waals surface area contributed by atoms with Crippen LogP contribution in [0.25, 0.3) is 5.69 Å². The average molecular weight is 415 g/mol. The van der Waals surface area contributed by atoms with Crippen LogP contribution in [0.3, 0.4) is 0 Å². The molecule has 1 aromatic carbocycles. The second-order valence-electron chi connectivity index (χ2n) is 6.26. The van der Waals surface area contributed by atoms with Crippen LogP contribution in [0.1, 0.15) is 21.1 Å². The van der Waals surface area contributed by atoms with Crippen LogP contribution in [0.5, 0.6) is 0 Å². The smallest absolute Gasteiger partial charge is 0.322 e. The van der Waals surface area contributed by atoms with E-state index in [-0.39, 0.29) is 12.2 Å². The molecule has 0 saturated carbocycles. The predicted molar refractivity (Wildman–Crippen MR) is 98.9 cm³/mol. The van der Waals surface area contributed by atoms with Crippen molar-refractivity contribution in [1.29, 1.82) is 0 Å². The molecule has 3 aromatic rings. The zero-order valence-corrected chi connectivity index (χ0v) is 15.8. The molecule has 1 fully saturated rings. The lowest BCUT2D eigenvalue weighted by atomic mass is 9.96. The van der Waals surface area contributed by atoms with Gasteiger partial charge in [-0.1, -0.05) is 0 Å². The fourth-order valence-corrected chi connectivity index (χ4v) is 3.89. The first-order valence-corrected chi connectivity index (χ1v) is 9.28. The first kappa shape index (κ1) is 18.7. The van der Waals surface area contributed by atoms with Crippen molar-refractivity contribution in [1.82, 2.24) is 35.9 Å². The predicted octanol–water partition coefficient (Wildman–Crippen LogP) is 0.636. The molecule has 1 aliphatic heterocycles. The highest BCUT2D eigenvalue weighted by Gasteiger charge is 2.50. The van der Waals surface area contributed by atoms with E-state index in [0.717, 1.165) is 0 Å². The van der Waals surface area contributed by atoms with E-state index in [0.29, 0.717) is 16.3 Å². The number of halogens is 1. The monoisotopic (exact) mass is 415 g/mol. The minimum atomic E-state index is -1.45. The van der Waals surface area contributed by atoms with Gasteiger partial charge in [-0.2, -0.15) is 9.90 Å². The third-order valence-electron chi connectivity index (χ3n) is 4.37. The quantitative estimate of drug-likeness (QED) is 0.524. The Balaban J connectivity index is 1.54. The molecule has 1 unspecified atom stereocenters. The van der Waals surface area contributed by atoms with Gasteiger partial charge < -0.3 is 10.6 Å². The lowest BCUT2D eigenvalue weighted by Gasteiger charge is -2.25. The third kappa shape index (κ3) is 3.33. The molecular formula is C17H14FN7O3S. The molecule has 12 heteroatoms. The molecule has 3 heterocycles. The zero-order chi connectivity index (χ0) is 20.6. The Morgan fingerprint density at radius 3 is 2.69 bits per heavy atom.